The molecule has 12 heteroatoms. The second-order valence-electron chi connectivity index (χ2n) is 11.4. The fourth-order valence-electron chi connectivity index (χ4n) is 5.55. The summed E-state index contributed by atoms with van der Waals surface area (Å²) in [4.78, 5) is 49.7. The maximum Gasteiger partial charge on any atom is 0.331 e. The van der Waals surface area contributed by atoms with Crippen LogP contribution in [0.25, 0.3) is 0 Å². The van der Waals surface area contributed by atoms with Crippen molar-refractivity contribution in [3.63, 3.8) is 0 Å². The van der Waals surface area contributed by atoms with E-state index >= 15 is 0 Å². The molecule has 8 N–H and O–H groups in total. The van der Waals surface area contributed by atoms with Crippen molar-refractivity contribution < 1.29 is 38.9 Å². The molecule has 12 nitrogen and oxygen atoms in total. The Bertz CT molecular complexity index is 1040. The number of hydrogen-bond donors (Lipinski definition) is 5. The number of carbonyl (C=O) groups excluding carboxylic acids is 2. The second kappa shape index (κ2) is 18.5. The molecule has 2 rings (SSSR count). The van der Waals surface area contributed by atoms with E-state index in [1.54, 1.807) is 12.2 Å². The lowest BCUT2D eigenvalue weighted by atomic mass is 9.80. The molecule has 0 spiro atoms. The van der Waals surface area contributed by atoms with Gasteiger partial charge in [0, 0.05) is 48.3 Å². The van der Waals surface area contributed by atoms with E-state index in [1.165, 1.54) is 13.8 Å². The molecule has 0 saturated heterocycles. The summed E-state index contributed by atoms with van der Waals surface area (Å²) in [5.74, 6) is -2.45. The van der Waals surface area contributed by atoms with Crippen LogP contribution in [0.3, 0.4) is 0 Å². The molecule has 0 unspecified atom stereocenters. The zero-order valence-corrected chi connectivity index (χ0v) is 26.5. The van der Waals surface area contributed by atoms with Gasteiger partial charge in [0.1, 0.15) is 11.6 Å². The molecule has 0 saturated carbocycles. The van der Waals surface area contributed by atoms with Crippen LogP contribution in [-0.2, 0) is 28.7 Å². The molecule has 0 radical (unpaired) electrons. The maximum atomic E-state index is 11.6. The van der Waals surface area contributed by atoms with Gasteiger partial charge in [0.15, 0.2) is 5.96 Å². The molecule has 43 heavy (non-hydrogen) atoms. The quantitative estimate of drug-likeness (QED) is 0.134. The third kappa shape index (κ3) is 12.6. The summed E-state index contributed by atoms with van der Waals surface area (Å²) in [5, 5.41) is 18.5. The number of hydrogen-bond acceptors (Lipinski definition) is 8. The second-order valence-corrected chi connectivity index (χ2v) is 11.4. The lowest BCUT2D eigenvalue weighted by Crippen LogP contribution is -2.45. The summed E-state index contributed by atoms with van der Waals surface area (Å²) in [7, 11) is 0. The number of ether oxygens (including phenoxy) is 2. The van der Waals surface area contributed by atoms with Gasteiger partial charge in [-0.15, -0.1) is 0 Å². The van der Waals surface area contributed by atoms with E-state index in [4.69, 9.17) is 31.8 Å². The van der Waals surface area contributed by atoms with Crippen LogP contribution in [0.1, 0.15) is 92.9 Å². The first-order valence-electron chi connectivity index (χ1n) is 15.2. The van der Waals surface area contributed by atoms with E-state index in [1.807, 2.05) is 27.7 Å². The smallest absolute Gasteiger partial charge is 0.331 e. The third-order valence-electron chi connectivity index (χ3n) is 7.93. The highest BCUT2D eigenvalue weighted by atomic mass is 16.5. The van der Waals surface area contributed by atoms with Gasteiger partial charge >= 0.3 is 11.9 Å². The molecule has 244 valence electrons. The SMILES string of the molecule is CCC(CC)O[C@@H]1C=C(C(=O)O)C[C@H](N)[C@H]1CC(C)=O.CCC(CC)O[C@@H]1C=C(C(=O)O)C[C@H](N=C(N)N)[C@H]1CC(C)=O. The van der Waals surface area contributed by atoms with Gasteiger partial charge in [-0.3, -0.25) is 0 Å². The van der Waals surface area contributed by atoms with E-state index in [0.717, 1.165) is 25.7 Å². The van der Waals surface area contributed by atoms with Gasteiger partial charge in [-0.1, -0.05) is 27.7 Å². The number of carbonyl (C=O) groups is 4. The Morgan fingerprint density at radius 2 is 1.19 bits per heavy atom. The monoisotopic (exact) mass is 608 g/mol. The number of nitrogens with zero attached hydrogens (tertiary/aromatic N) is 1. The van der Waals surface area contributed by atoms with Gasteiger partial charge in [0.2, 0.25) is 0 Å². The topological polar surface area (TPSA) is 218 Å². The van der Waals surface area contributed by atoms with Gasteiger partial charge in [0.05, 0.1) is 30.5 Å². The summed E-state index contributed by atoms with van der Waals surface area (Å²) < 4.78 is 12.0. The van der Waals surface area contributed by atoms with E-state index in [2.05, 4.69) is 4.99 Å². The molecular formula is C31H52N4O8. The minimum Gasteiger partial charge on any atom is -0.478 e. The summed E-state index contributed by atoms with van der Waals surface area (Å²) in [5.41, 5.74) is 17.5. The third-order valence-corrected chi connectivity index (χ3v) is 7.93. The number of aliphatic carboxylic acids is 2. The molecule has 0 fully saturated rings. The standard InChI is InChI=1S/C16H27N3O4.C15H25NO4/c1-4-11(5-2)23-14-8-10(15(21)22)7-13(19-16(17)18)12(14)6-9(3)20;1-4-11(5-2)20-14-8-10(15(18)19)7-13(16)12(14)6-9(3)17/h8,11-14H,4-7H2,1-3H3,(H,21,22)(H4,17,18,19);8,11-14H,4-7,16H2,1-3H3,(H,18,19)/t2*12-,13+,14-/m11/s1. The number of aliphatic imine (C=N–C) groups is 1. The average molecular weight is 609 g/mol. The largest absolute Gasteiger partial charge is 0.478 e. The molecule has 6 atom stereocenters. The molecule has 0 amide bonds. The fourth-order valence-corrected chi connectivity index (χ4v) is 5.55. The minimum absolute atomic E-state index is 0.00120. The number of guanidine groups is 1. The molecule has 0 bridgehead atoms. The highest BCUT2D eigenvalue weighted by molar-refractivity contribution is 5.88. The van der Waals surface area contributed by atoms with Crippen molar-refractivity contribution in [3.05, 3.63) is 23.3 Å². The van der Waals surface area contributed by atoms with Gasteiger partial charge in [0.25, 0.3) is 0 Å². The van der Waals surface area contributed by atoms with Crippen LogP contribution >= 0.6 is 0 Å². The van der Waals surface area contributed by atoms with Crippen LogP contribution in [-0.4, -0.2) is 76.2 Å². The van der Waals surface area contributed by atoms with Crippen molar-refractivity contribution in [2.24, 2.45) is 34.0 Å². The van der Waals surface area contributed by atoms with Gasteiger partial charge in [-0.2, -0.15) is 0 Å². The van der Waals surface area contributed by atoms with Gasteiger partial charge in [-0.05, 0) is 58.1 Å². The summed E-state index contributed by atoms with van der Waals surface area (Å²) in [6, 6.07) is -0.825. The molecule has 0 aromatic carbocycles. The Kier molecular flexibility index (Phi) is 16.4. The van der Waals surface area contributed by atoms with Crippen LogP contribution in [0.5, 0.6) is 0 Å². The lowest BCUT2D eigenvalue weighted by Gasteiger charge is -2.35. The van der Waals surface area contributed by atoms with Crippen LogP contribution < -0.4 is 17.2 Å². The molecule has 2 aliphatic carbocycles. The van der Waals surface area contributed by atoms with Gasteiger partial charge in [-0.25, -0.2) is 14.6 Å². The van der Waals surface area contributed by atoms with E-state index in [0.29, 0.717) is 6.42 Å². The highest BCUT2D eigenvalue weighted by Gasteiger charge is 2.38. The predicted molar refractivity (Wildman–Crippen MR) is 164 cm³/mol. The number of Topliss-reactive ketones (excluding diaryl/α,β-unsaturated/α-hetero) is 2. The Labute approximate surface area is 255 Å². The maximum absolute atomic E-state index is 11.6. The van der Waals surface area contributed by atoms with Gasteiger partial charge < -0.3 is 46.5 Å². The van der Waals surface area contributed by atoms with Crippen LogP contribution in [0.4, 0.5) is 0 Å². The summed E-state index contributed by atoms with van der Waals surface area (Å²) in [6.07, 6.45) is 6.79. The number of rotatable bonds is 15. The zero-order valence-electron chi connectivity index (χ0n) is 26.5. The fraction of sp³-hybridized carbons (Fsp3) is 0.710. The number of carboxylic acid groups (broad SMARTS) is 2. The number of carboxylic acids is 2. The van der Waals surface area contributed by atoms with Crippen LogP contribution in [0.15, 0.2) is 28.3 Å². The molecule has 0 aliphatic heterocycles. The van der Waals surface area contributed by atoms with E-state index in [-0.39, 0.29) is 78.0 Å². The highest BCUT2D eigenvalue weighted by Crippen LogP contribution is 2.33. The molecule has 2 aliphatic rings. The molecule has 0 aromatic heterocycles. The predicted octanol–water partition coefficient (Wildman–Crippen LogP) is 3.11. The first-order valence-corrected chi connectivity index (χ1v) is 15.2. The van der Waals surface area contributed by atoms with Crippen molar-refractivity contribution in [3.8, 4) is 0 Å². The zero-order chi connectivity index (χ0) is 32.9. The van der Waals surface area contributed by atoms with Crippen molar-refractivity contribution in [1.29, 1.82) is 0 Å². The normalized spacial score (nSPS) is 25.2. The van der Waals surface area contributed by atoms with Crippen molar-refractivity contribution in [1.82, 2.24) is 0 Å². The van der Waals surface area contributed by atoms with E-state index < -0.39 is 30.2 Å². The first kappa shape index (κ1) is 37.9. The number of ketones is 2. The summed E-state index contributed by atoms with van der Waals surface area (Å²) >= 11 is 0. The van der Waals surface area contributed by atoms with Crippen molar-refractivity contribution in [2.45, 2.75) is 129 Å². The van der Waals surface area contributed by atoms with Crippen LogP contribution in [0, 0.1) is 11.8 Å². The first-order chi connectivity index (χ1) is 20.2. The lowest BCUT2D eigenvalue weighted by molar-refractivity contribution is -0.134. The minimum atomic E-state index is -1.01. The average Bonchev–Trinajstić information content (AvgIpc) is 2.92. The number of nitrogens with two attached hydrogens (primary N) is 3. The molecular weight excluding hydrogens is 556 g/mol. The van der Waals surface area contributed by atoms with Crippen molar-refractivity contribution in [2.75, 3.05) is 0 Å². The molecule has 0 aromatic rings. The Hall–Kier alpha value is -3.09. The van der Waals surface area contributed by atoms with E-state index in [9.17, 15) is 24.3 Å². The summed E-state index contributed by atoms with van der Waals surface area (Å²) in [6.45, 7) is 11.1. The van der Waals surface area contributed by atoms with Crippen LogP contribution in [0.2, 0.25) is 0 Å². The van der Waals surface area contributed by atoms with Crippen molar-refractivity contribution >= 4 is 29.5 Å². The molecule has 0 heterocycles. The Balaban J connectivity index is 0.000000434. The Morgan fingerprint density at radius 3 is 1.56 bits per heavy atom. The Morgan fingerprint density at radius 1 is 0.791 bits per heavy atom.